The molecule has 0 spiro atoms. The largest absolute Gasteiger partial charge is 0.394 e. The first-order valence-electron chi connectivity index (χ1n) is 42.5. The van der Waals surface area contributed by atoms with E-state index in [4.69, 9.17) is 99.5 Å². The second kappa shape index (κ2) is 47.6. The third-order valence-corrected chi connectivity index (χ3v) is 24.5. The topological polar surface area (TPSA) is 917 Å². The molecule has 59 nitrogen and oxygen atoms in total. The van der Waals surface area contributed by atoms with E-state index in [1.807, 2.05) is 0 Å². The van der Waals surface area contributed by atoms with Crippen LogP contribution in [0.3, 0.4) is 0 Å². The summed E-state index contributed by atoms with van der Waals surface area (Å²) in [7, 11) is 0. The van der Waals surface area contributed by atoms with Crippen LogP contribution in [-0.2, 0) is 119 Å². The fraction of sp³-hybridized carbons (Fsp3) is 0.946. The molecule has 11 rings (SSSR count). The third kappa shape index (κ3) is 24.1. The first-order chi connectivity index (χ1) is 62.9. The standard InChI is InChI=1S/C74H124N4O55/c1-16-35(91)46(102)51(107)68(115-16)113-15-30-59(42(98)31(64(112)116-30)75-17(2)87)126-65-32(76-18(3)88)43(99)58(27(12-85)122-65)129-72-55(111)61(41(97)29(125-72)14-114-73-62(49(105)38(94)23(8-81)120-73)132-66-33(77-19(4)89)44(100)56(26(11-84)123-66)127-69-52(108)47(103)36(92)21(6-79)117-69)131-74-63(50(106)39(95)24(9-82)121-74)133-67-34(78-20(5)90)45(101)57(28(13-86)124-67)128-71-54(110)60(40(96)25(10-83)119-71)130-70-53(109)48(104)37(93)22(7-80)118-70/h16,21-74,79-86,91-112H,6-15H2,1-5H3,(H,75,87)(H,76,88)(H,77,89)(H,78,90)/t16-,21+,22+,23+,24+,25+,26+,27+,28+,29+,30+,31+,32+,33+,34-,35+,36-,37-,38+,39+,40-,41+,42+,43+,44+,45+,46+,47-,48-,49-,50-,51-,52+,53+,54+,55-,56+,57+,58+,59+,60-,61-,62-,63-,64?,65-,66-,67-,68+,69-,70+,71-,72-,73-,74+/m0/s1. The summed E-state index contributed by atoms with van der Waals surface area (Å²) < 4.78 is 125. The van der Waals surface area contributed by atoms with E-state index in [0.29, 0.717) is 0 Å². The summed E-state index contributed by atoms with van der Waals surface area (Å²) >= 11 is 0. The number of aliphatic hydroxyl groups is 30. The molecule has 133 heavy (non-hydrogen) atoms. The Balaban J connectivity index is 0.915. The van der Waals surface area contributed by atoms with Crippen molar-refractivity contribution in [2.75, 3.05) is 66.1 Å². The maximum atomic E-state index is 13.3. The molecule has 55 atom stereocenters. The predicted octanol–water partition coefficient (Wildman–Crippen LogP) is -23.4. The molecule has 0 aromatic heterocycles. The van der Waals surface area contributed by atoms with E-state index < -0.39 is 427 Å². The van der Waals surface area contributed by atoms with Gasteiger partial charge in [-0.2, -0.15) is 0 Å². The fourth-order valence-corrected chi connectivity index (χ4v) is 17.3. The highest BCUT2D eigenvalue weighted by Gasteiger charge is 2.63. The molecule has 0 aromatic rings. The summed E-state index contributed by atoms with van der Waals surface area (Å²) in [6.07, 6.45) is -107. The Labute approximate surface area is 752 Å². The number of carbonyl (C=O) groups is 4. The van der Waals surface area contributed by atoms with Crippen molar-refractivity contribution in [1.29, 1.82) is 0 Å². The lowest BCUT2D eigenvalue weighted by Gasteiger charge is -2.51. The lowest BCUT2D eigenvalue weighted by molar-refractivity contribution is -0.400. The Morgan fingerprint density at radius 3 is 0.842 bits per heavy atom. The summed E-state index contributed by atoms with van der Waals surface area (Å²) in [4.78, 5) is 52.1. The van der Waals surface area contributed by atoms with Gasteiger partial charge in [0, 0.05) is 27.7 Å². The average molecular weight is 1950 g/mol. The molecule has 0 aliphatic carbocycles. The fourth-order valence-electron chi connectivity index (χ4n) is 17.3. The molecule has 0 bridgehead atoms. The Hall–Kier alpha value is -4.16. The Kier molecular flexibility index (Phi) is 39.1. The Bertz CT molecular complexity index is 3630. The van der Waals surface area contributed by atoms with Crippen molar-refractivity contribution >= 4 is 23.6 Å². The molecule has 1 unspecified atom stereocenters. The Morgan fingerprint density at radius 1 is 0.211 bits per heavy atom. The smallest absolute Gasteiger partial charge is 0.217 e. The molecule has 0 saturated carbocycles. The number of amides is 4. The average Bonchev–Trinajstić information content (AvgIpc) is 0.801. The number of hydrogen-bond acceptors (Lipinski definition) is 55. The van der Waals surface area contributed by atoms with Crippen LogP contribution < -0.4 is 21.3 Å². The minimum atomic E-state index is -2.67. The maximum Gasteiger partial charge on any atom is 0.217 e. The number of rotatable bonds is 34. The second-order valence-electron chi connectivity index (χ2n) is 33.8. The summed E-state index contributed by atoms with van der Waals surface area (Å²) in [6.45, 7) is -6.29. The van der Waals surface area contributed by atoms with E-state index >= 15 is 0 Å². The molecule has 770 valence electrons. The van der Waals surface area contributed by atoms with Gasteiger partial charge in [0.1, 0.15) is 262 Å². The van der Waals surface area contributed by atoms with Gasteiger partial charge in [-0.05, 0) is 6.92 Å². The molecule has 34 N–H and O–H groups in total. The van der Waals surface area contributed by atoms with Crippen LogP contribution in [0.5, 0.6) is 0 Å². The normalized spacial score (nSPS) is 50.1. The zero-order valence-electron chi connectivity index (χ0n) is 71.4. The van der Waals surface area contributed by atoms with Gasteiger partial charge in [-0.3, -0.25) is 19.2 Å². The highest BCUT2D eigenvalue weighted by atomic mass is 16.8. The number of aliphatic hydroxyl groups excluding tert-OH is 30. The van der Waals surface area contributed by atoms with E-state index in [9.17, 15) is 172 Å². The highest BCUT2D eigenvalue weighted by Crippen LogP contribution is 2.42. The number of nitrogens with one attached hydrogen (secondary N) is 4. The van der Waals surface area contributed by atoms with Gasteiger partial charge >= 0.3 is 0 Å². The molecule has 0 aromatic carbocycles. The molecule has 11 saturated heterocycles. The van der Waals surface area contributed by atoms with Gasteiger partial charge in [0.25, 0.3) is 0 Å². The predicted molar refractivity (Wildman–Crippen MR) is 407 cm³/mol. The molecule has 59 heteroatoms. The minimum Gasteiger partial charge on any atom is -0.394 e. The van der Waals surface area contributed by atoms with Crippen LogP contribution in [0.2, 0.25) is 0 Å². The lowest BCUT2D eigenvalue weighted by Crippen LogP contribution is -2.71. The van der Waals surface area contributed by atoms with Crippen molar-refractivity contribution < 1.29 is 272 Å². The van der Waals surface area contributed by atoms with Crippen LogP contribution in [0.25, 0.3) is 0 Å². The van der Waals surface area contributed by atoms with Gasteiger partial charge in [0.05, 0.1) is 72.2 Å². The highest BCUT2D eigenvalue weighted by molar-refractivity contribution is 5.74. The first-order valence-corrected chi connectivity index (χ1v) is 42.5. The molecule has 11 heterocycles. The maximum absolute atomic E-state index is 13.3. The van der Waals surface area contributed by atoms with Gasteiger partial charge in [-0.25, -0.2) is 0 Å². The SMILES string of the molecule is CC(=O)N[C@@H]1[C@H](O[C@@H]2[C@@H](O[C@@H]3[C@H](O)[C@H](O[C@H]4[C@H](O)[C@@H](NC(C)=O)[C@H](O[C@H]5[C@H](O)[C@@H](NC(C)=O)C(O)O[C@@H]5CO[C@@H]5O[C@@H](C)[C@@H](O)[C@@H](O)[C@@H]5O)O[C@@H]4CO)O[C@H](CO[C@H]4O[C@H](CO)[C@@H](O)[C@H](O)[C@@H]4O[C@@H]4O[C@H](CO)[C@@H](O[C@@H]5O[C@H](CO)[C@H](O)[C@H](O)[C@H]5O)[C@H](O)[C@H]4NC(C)=O)[C@H]3O)O[C@H](CO)[C@@H](O)[C@@H]2O)O[C@H](CO)[C@@H](O[C@@H]2O[C@H](CO)[C@H](O)[C@H](O[C@H]3O[C@H](CO)[C@H](O)[C@H](O)[C@H]3O)[C@H]2O)[C@@H]1O. The van der Waals surface area contributed by atoms with E-state index in [0.717, 1.165) is 27.7 Å². The molecule has 11 aliphatic heterocycles. The van der Waals surface area contributed by atoms with Crippen LogP contribution in [0.4, 0.5) is 0 Å². The van der Waals surface area contributed by atoms with Gasteiger partial charge in [0.15, 0.2) is 69.2 Å². The molecular weight excluding hydrogens is 1820 g/mol. The van der Waals surface area contributed by atoms with E-state index in [1.165, 1.54) is 6.92 Å². The van der Waals surface area contributed by atoms with Crippen LogP contribution in [-0.4, -0.2) is 580 Å². The number of hydrogen-bond donors (Lipinski definition) is 34. The van der Waals surface area contributed by atoms with Crippen molar-refractivity contribution in [1.82, 2.24) is 21.3 Å². The van der Waals surface area contributed by atoms with Crippen molar-refractivity contribution in [3.8, 4) is 0 Å². The zero-order chi connectivity index (χ0) is 97.8. The minimum absolute atomic E-state index is 0.860. The van der Waals surface area contributed by atoms with Crippen molar-refractivity contribution in [2.45, 2.75) is 372 Å². The van der Waals surface area contributed by atoms with Crippen LogP contribution in [0.1, 0.15) is 34.6 Å². The van der Waals surface area contributed by atoms with Crippen molar-refractivity contribution in [3.05, 3.63) is 0 Å². The summed E-state index contributed by atoms with van der Waals surface area (Å²) in [6, 6.07) is -7.87. The van der Waals surface area contributed by atoms with Crippen molar-refractivity contribution in [3.63, 3.8) is 0 Å². The number of carbonyl (C=O) groups excluding carboxylic acids is 4. The molecule has 11 aliphatic rings. The first kappa shape index (κ1) is 109. The van der Waals surface area contributed by atoms with Gasteiger partial charge in [0.2, 0.25) is 23.6 Å². The Morgan fingerprint density at radius 2 is 0.459 bits per heavy atom. The quantitative estimate of drug-likeness (QED) is 0.0284. The zero-order valence-corrected chi connectivity index (χ0v) is 71.4. The van der Waals surface area contributed by atoms with Crippen LogP contribution in [0.15, 0.2) is 0 Å². The van der Waals surface area contributed by atoms with E-state index in [-0.39, 0.29) is 0 Å². The molecule has 11 fully saturated rings. The summed E-state index contributed by atoms with van der Waals surface area (Å²) in [5, 5.41) is 345. The molecular formula is C74H124N4O55. The van der Waals surface area contributed by atoms with Gasteiger partial charge in [-0.1, -0.05) is 0 Å². The van der Waals surface area contributed by atoms with E-state index in [1.54, 1.807) is 0 Å². The second-order valence-corrected chi connectivity index (χ2v) is 33.8. The summed E-state index contributed by atoms with van der Waals surface area (Å²) in [5.41, 5.74) is 0. The number of ether oxygens (including phenoxy) is 21. The van der Waals surface area contributed by atoms with E-state index in [2.05, 4.69) is 21.3 Å². The monoisotopic (exact) mass is 1950 g/mol. The third-order valence-electron chi connectivity index (χ3n) is 24.5. The lowest BCUT2D eigenvalue weighted by atomic mass is 9.93. The van der Waals surface area contributed by atoms with Gasteiger partial charge < -0.3 is 274 Å². The molecule has 4 amide bonds. The summed E-state index contributed by atoms with van der Waals surface area (Å²) in [5.74, 6) is -3.87. The van der Waals surface area contributed by atoms with Crippen LogP contribution in [0, 0.1) is 0 Å². The van der Waals surface area contributed by atoms with Crippen molar-refractivity contribution in [2.24, 2.45) is 0 Å². The molecule has 0 radical (unpaired) electrons. The van der Waals surface area contributed by atoms with Gasteiger partial charge in [-0.15, -0.1) is 0 Å². The van der Waals surface area contributed by atoms with Crippen LogP contribution >= 0.6 is 0 Å².